The Hall–Kier alpha value is -1.09. The molecule has 0 spiro atoms. The van der Waals surface area contributed by atoms with Gasteiger partial charge in [0.25, 0.3) is 0 Å². The number of aromatic nitrogens is 1. The number of anilines is 1. The molecule has 1 saturated heterocycles. The number of pyridine rings is 1. The zero-order valence-electron chi connectivity index (χ0n) is 18.2. The van der Waals surface area contributed by atoms with E-state index in [0.717, 1.165) is 57.1 Å². The summed E-state index contributed by atoms with van der Waals surface area (Å²) in [4.78, 5) is 11.8. The Labute approximate surface area is 193 Å². The molecule has 0 radical (unpaired) electrons. The van der Waals surface area contributed by atoms with Gasteiger partial charge in [-0.15, -0.1) is 24.0 Å². The number of nitrogens with one attached hydrogen (secondary N) is 2. The van der Waals surface area contributed by atoms with E-state index in [1.165, 1.54) is 31.2 Å². The fourth-order valence-electron chi connectivity index (χ4n) is 4.39. The molecule has 0 bridgehead atoms. The van der Waals surface area contributed by atoms with Gasteiger partial charge in [-0.2, -0.15) is 0 Å². The molecule has 2 heterocycles. The van der Waals surface area contributed by atoms with Crippen LogP contribution in [0.3, 0.4) is 0 Å². The Bertz CT molecular complexity index is 642. The highest BCUT2D eigenvalue weighted by molar-refractivity contribution is 14.0. The number of guanidine groups is 1. The summed E-state index contributed by atoms with van der Waals surface area (Å²) in [6, 6.07) is 4.14. The molecule has 1 aliphatic carbocycles. The number of nitrogens with zero attached hydrogens (tertiary/aromatic N) is 3. The molecule has 3 rings (SSSR count). The third kappa shape index (κ3) is 6.98. The molecule has 29 heavy (non-hydrogen) atoms. The van der Waals surface area contributed by atoms with E-state index >= 15 is 0 Å². The molecule has 1 saturated carbocycles. The van der Waals surface area contributed by atoms with Crippen molar-refractivity contribution in [1.29, 1.82) is 0 Å². The Morgan fingerprint density at radius 1 is 1.28 bits per heavy atom. The van der Waals surface area contributed by atoms with Gasteiger partial charge in [0, 0.05) is 37.9 Å². The van der Waals surface area contributed by atoms with Crippen molar-refractivity contribution in [2.45, 2.75) is 53.0 Å². The van der Waals surface area contributed by atoms with Crippen LogP contribution in [-0.2, 0) is 11.3 Å². The van der Waals surface area contributed by atoms with Crippen molar-refractivity contribution in [3.05, 3.63) is 23.9 Å². The summed E-state index contributed by atoms with van der Waals surface area (Å²) in [6.45, 7) is 12.6. The lowest BCUT2D eigenvalue weighted by atomic mass is 9.64. The van der Waals surface area contributed by atoms with Crippen LogP contribution in [-0.4, -0.2) is 50.3 Å². The third-order valence-corrected chi connectivity index (χ3v) is 5.82. The predicted molar refractivity (Wildman–Crippen MR) is 131 cm³/mol. The molecule has 164 valence electrons. The van der Waals surface area contributed by atoms with Gasteiger partial charge in [0.1, 0.15) is 5.82 Å². The lowest BCUT2D eigenvalue weighted by Crippen LogP contribution is -2.47. The standard InChI is InChI=1S/C22H37N5O.HI/c1-4-23-21(26-17-22(8-6-9-22)15-18(2)3)25-16-19-7-5-10-24-20(19)27-11-13-28-14-12-27;/h5,7,10,18H,4,6,8-9,11-17H2,1-3H3,(H2,23,25,26);1H. The van der Waals surface area contributed by atoms with Gasteiger partial charge < -0.3 is 20.3 Å². The van der Waals surface area contributed by atoms with E-state index in [1.807, 2.05) is 12.3 Å². The highest BCUT2D eigenvalue weighted by Crippen LogP contribution is 2.45. The van der Waals surface area contributed by atoms with Crippen LogP contribution < -0.4 is 15.5 Å². The number of halogens is 1. The van der Waals surface area contributed by atoms with Crippen LogP contribution in [0.15, 0.2) is 23.3 Å². The van der Waals surface area contributed by atoms with E-state index in [4.69, 9.17) is 9.73 Å². The summed E-state index contributed by atoms with van der Waals surface area (Å²) in [6.07, 6.45) is 7.19. The van der Waals surface area contributed by atoms with Crippen molar-refractivity contribution in [1.82, 2.24) is 15.6 Å². The Morgan fingerprint density at radius 2 is 2.03 bits per heavy atom. The maximum Gasteiger partial charge on any atom is 0.191 e. The molecule has 7 heteroatoms. The first-order valence-electron chi connectivity index (χ1n) is 10.9. The smallest absolute Gasteiger partial charge is 0.191 e. The van der Waals surface area contributed by atoms with E-state index in [0.29, 0.717) is 12.0 Å². The minimum absolute atomic E-state index is 0. The summed E-state index contributed by atoms with van der Waals surface area (Å²) >= 11 is 0. The zero-order chi connectivity index (χ0) is 19.8. The predicted octanol–water partition coefficient (Wildman–Crippen LogP) is 3.81. The number of ether oxygens (including phenoxy) is 1. The maximum absolute atomic E-state index is 5.48. The highest BCUT2D eigenvalue weighted by Gasteiger charge is 2.37. The van der Waals surface area contributed by atoms with Crippen molar-refractivity contribution < 1.29 is 4.74 Å². The first kappa shape index (κ1) is 24.2. The Kier molecular flexibility index (Phi) is 9.95. The average Bonchev–Trinajstić information content (AvgIpc) is 2.68. The second kappa shape index (κ2) is 11.9. The molecule has 0 amide bonds. The van der Waals surface area contributed by atoms with Gasteiger partial charge in [-0.25, -0.2) is 9.98 Å². The lowest BCUT2D eigenvalue weighted by Gasteiger charge is -2.43. The molecular formula is C22H38IN5O. The Balaban J connectivity index is 0.00000300. The average molecular weight is 515 g/mol. The number of hydrogen-bond donors (Lipinski definition) is 2. The van der Waals surface area contributed by atoms with Gasteiger partial charge >= 0.3 is 0 Å². The van der Waals surface area contributed by atoms with Crippen molar-refractivity contribution >= 4 is 35.8 Å². The molecule has 2 N–H and O–H groups in total. The summed E-state index contributed by atoms with van der Waals surface area (Å²) in [7, 11) is 0. The first-order chi connectivity index (χ1) is 13.6. The van der Waals surface area contributed by atoms with Crippen molar-refractivity contribution in [3.8, 4) is 0 Å². The molecule has 0 aromatic carbocycles. The second-order valence-electron chi connectivity index (χ2n) is 8.59. The van der Waals surface area contributed by atoms with Crippen LogP contribution in [0.25, 0.3) is 0 Å². The zero-order valence-corrected chi connectivity index (χ0v) is 20.6. The fourth-order valence-corrected chi connectivity index (χ4v) is 4.39. The van der Waals surface area contributed by atoms with Gasteiger partial charge in [-0.3, -0.25) is 0 Å². The first-order valence-corrected chi connectivity index (χ1v) is 10.9. The molecule has 1 aromatic rings. The number of rotatable bonds is 8. The normalized spacial score (nSPS) is 18.8. The summed E-state index contributed by atoms with van der Waals surface area (Å²) < 4.78 is 5.48. The van der Waals surface area contributed by atoms with E-state index in [2.05, 4.69) is 47.4 Å². The van der Waals surface area contributed by atoms with Crippen LogP contribution in [0.1, 0.15) is 52.0 Å². The van der Waals surface area contributed by atoms with Crippen LogP contribution >= 0.6 is 24.0 Å². The van der Waals surface area contributed by atoms with E-state index in [1.54, 1.807) is 0 Å². The van der Waals surface area contributed by atoms with Crippen LogP contribution in [0.5, 0.6) is 0 Å². The summed E-state index contributed by atoms with van der Waals surface area (Å²) in [5, 5.41) is 7.03. The fraction of sp³-hybridized carbons (Fsp3) is 0.727. The monoisotopic (exact) mass is 515 g/mol. The molecule has 2 fully saturated rings. The van der Waals surface area contributed by atoms with Gasteiger partial charge in [-0.1, -0.05) is 26.3 Å². The van der Waals surface area contributed by atoms with E-state index in [9.17, 15) is 0 Å². The summed E-state index contributed by atoms with van der Waals surface area (Å²) in [5.41, 5.74) is 1.62. The molecule has 6 nitrogen and oxygen atoms in total. The van der Waals surface area contributed by atoms with Crippen LogP contribution in [0.4, 0.5) is 5.82 Å². The molecule has 1 aliphatic heterocycles. The highest BCUT2D eigenvalue weighted by atomic mass is 127. The SMILES string of the molecule is CCNC(=NCc1cccnc1N1CCOCC1)NCC1(CC(C)C)CCC1.I. The topological polar surface area (TPSA) is 61.8 Å². The molecule has 0 unspecified atom stereocenters. The van der Waals surface area contributed by atoms with Crippen molar-refractivity contribution in [2.75, 3.05) is 44.3 Å². The van der Waals surface area contributed by atoms with E-state index in [-0.39, 0.29) is 24.0 Å². The minimum Gasteiger partial charge on any atom is -0.378 e. The van der Waals surface area contributed by atoms with Gasteiger partial charge in [0.2, 0.25) is 0 Å². The largest absolute Gasteiger partial charge is 0.378 e. The lowest BCUT2D eigenvalue weighted by molar-refractivity contribution is 0.104. The number of aliphatic imine (C=N–C) groups is 1. The number of morpholine rings is 1. The van der Waals surface area contributed by atoms with Crippen molar-refractivity contribution in [3.63, 3.8) is 0 Å². The third-order valence-electron chi connectivity index (χ3n) is 5.82. The van der Waals surface area contributed by atoms with Crippen molar-refractivity contribution in [2.24, 2.45) is 16.3 Å². The molecular weight excluding hydrogens is 477 g/mol. The Morgan fingerprint density at radius 3 is 2.66 bits per heavy atom. The maximum atomic E-state index is 5.48. The van der Waals surface area contributed by atoms with Crippen LogP contribution in [0.2, 0.25) is 0 Å². The minimum atomic E-state index is 0. The van der Waals surface area contributed by atoms with E-state index < -0.39 is 0 Å². The summed E-state index contributed by atoms with van der Waals surface area (Å²) in [5.74, 6) is 2.70. The van der Waals surface area contributed by atoms with Crippen LogP contribution in [0, 0.1) is 11.3 Å². The molecule has 2 aliphatic rings. The van der Waals surface area contributed by atoms with Gasteiger partial charge in [0.05, 0.1) is 19.8 Å². The molecule has 1 aromatic heterocycles. The quantitative estimate of drug-likeness (QED) is 0.313. The molecule has 0 atom stereocenters. The van der Waals surface area contributed by atoms with Gasteiger partial charge in [0.15, 0.2) is 5.96 Å². The second-order valence-corrected chi connectivity index (χ2v) is 8.59. The number of hydrogen-bond acceptors (Lipinski definition) is 4. The van der Waals surface area contributed by atoms with Gasteiger partial charge in [-0.05, 0) is 43.6 Å².